The van der Waals surface area contributed by atoms with Gasteiger partial charge in [0, 0.05) is 18.7 Å². The molecule has 1 atom stereocenters. The second-order valence-corrected chi connectivity index (χ2v) is 5.07. The Morgan fingerprint density at radius 1 is 1.63 bits per heavy atom. The molecule has 0 aliphatic carbocycles. The molecule has 0 saturated carbocycles. The van der Waals surface area contributed by atoms with Gasteiger partial charge >= 0.3 is 5.69 Å². The van der Waals surface area contributed by atoms with Crippen LogP contribution < -0.4 is 5.32 Å². The average Bonchev–Trinajstić information content (AvgIpc) is 2.75. The summed E-state index contributed by atoms with van der Waals surface area (Å²) in [5, 5.41) is 36.1. The molecule has 1 aromatic heterocycles. The van der Waals surface area contributed by atoms with E-state index in [1.54, 1.807) is 0 Å². The number of β-amino-alcohol motifs (C(OH)–C–C–N with tert-alkyl or cyclic N) is 1. The highest BCUT2D eigenvalue weighted by Gasteiger charge is 2.18. The number of rotatable bonds is 8. The predicted octanol–water partition coefficient (Wildman–Crippen LogP) is -0.0972. The molecule has 8 heteroatoms. The Balaban J connectivity index is 2.42. The number of aromatic nitrogens is 2. The molecule has 0 bridgehead atoms. The van der Waals surface area contributed by atoms with Gasteiger partial charge in [-0.2, -0.15) is 5.10 Å². The van der Waals surface area contributed by atoms with Crippen LogP contribution in [0.4, 0.5) is 5.69 Å². The molecule has 1 aromatic rings. The minimum absolute atomic E-state index is 0.0709. The summed E-state index contributed by atoms with van der Waals surface area (Å²) in [7, 11) is 0. The third-order valence-electron chi connectivity index (χ3n) is 2.78. The summed E-state index contributed by atoms with van der Waals surface area (Å²) in [6.45, 7) is 4.42. The van der Waals surface area contributed by atoms with Crippen molar-refractivity contribution in [3.8, 4) is 0 Å². The topological polar surface area (TPSA) is 113 Å². The van der Waals surface area contributed by atoms with Gasteiger partial charge in [0.05, 0.1) is 17.6 Å². The van der Waals surface area contributed by atoms with E-state index in [0.29, 0.717) is 13.0 Å². The zero-order chi connectivity index (χ0) is 14.5. The second-order valence-electron chi connectivity index (χ2n) is 5.07. The zero-order valence-corrected chi connectivity index (χ0v) is 11.1. The predicted molar refractivity (Wildman–Crippen MR) is 68.7 cm³/mol. The van der Waals surface area contributed by atoms with E-state index in [-0.39, 0.29) is 24.4 Å². The van der Waals surface area contributed by atoms with Gasteiger partial charge in [-0.3, -0.25) is 14.8 Å². The molecule has 3 N–H and O–H groups in total. The van der Waals surface area contributed by atoms with E-state index in [9.17, 15) is 15.2 Å². The molecular formula is C11H20N4O4. The fraction of sp³-hybridized carbons (Fsp3) is 0.727. The first kappa shape index (κ1) is 15.5. The van der Waals surface area contributed by atoms with Crippen LogP contribution in [0.3, 0.4) is 0 Å². The Morgan fingerprint density at radius 3 is 2.84 bits per heavy atom. The summed E-state index contributed by atoms with van der Waals surface area (Å²) < 4.78 is 1.34. The molecular weight excluding hydrogens is 252 g/mol. The van der Waals surface area contributed by atoms with Crippen molar-refractivity contribution in [3.05, 3.63) is 22.5 Å². The first-order chi connectivity index (χ1) is 8.84. The number of nitro groups is 1. The maximum absolute atomic E-state index is 10.5. The van der Waals surface area contributed by atoms with Crippen LogP contribution in [0.25, 0.3) is 0 Å². The van der Waals surface area contributed by atoms with E-state index in [4.69, 9.17) is 5.11 Å². The van der Waals surface area contributed by atoms with Crippen molar-refractivity contribution in [2.45, 2.75) is 38.5 Å². The molecule has 0 amide bonds. The minimum Gasteiger partial charge on any atom is -0.396 e. The van der Waals surface area contributed by atoms with Gasteiger partial charge in [0.25, 0.3) is 0 Å². The highest BCUT2D eigenvalue weighted by atomic mass is 16.6. The fourth-order valence-electron chi connectivity index (χ4n) is 1.59. The lowest BCUT2D eigenvalue weighted by Gasteiger charge is -2.27. The second kappa shape index (κ2) is 6.60. The van der Waals surface area contributed by atoms with Crippen LogP contribution in [-0.4, -0.2) is 49.7 Å². The lowest BCUT2D eigenvalue weighted by molar-refractivity contribution is -0.385. The van der Waals surface area contributed by atoms with Crippen LogP contribution in [0.5, 0.6) is 0 Å². The summed E-state index contributed by atoms with van der Waals surface area (Å²) in [5.41, 5.74) is -0.368. The van der Waals surface area contributed by atoms with Crippen LogP contribution >= 0.6 is 0 Å². The number of hydrogen-bond acceptors (Lipinski definition) is 6. The number of hydrogen-bond donors (Lipinski definition) is 3. The SMILES string of the molecule is CC(C)(CCO)NCC(O)Cn1cc([N+](=O)[O-])cn1. The van der Waals surface area contributed by atoms with Crippen LogP contribution in [0.2, 0.25) is 0 Å². The lowest BCUT2D eigenvalue weighted by atomic mass is 10.0. The van der Waals surface area contributed by atoms with Crippen molar-refractivity contribution in [1.29, 1.82) is 0 Å². The first-order valence-electron chi connectivity index (χ1n) is 6.05. The molecule has 0 radical (unpaired) electrons. The third kappa shape index (κ3) is 5.33. The summed E-state index contributed by atoms with van der Waals surface area (Å²) in [4.78, 5) is 9.95. The number of nitrogens with one attached hydrogen (secondary N) is 1. The van der Waals surface area contributed by atoms with Gasteiger partial charge in [0.2, 0.25) is 0 Å². The highest BCUT2D eigenvalue weighted by molar-refractivity contribution is 5.20. The van der Waals surface area contributed by atoms with Crippen LogP contribution in [0, 0.1) is 10.1 Å². The molecule has 1 rings (SSSR count). The maximum atomic E-state index is 10.5. The molecule has 1 heterocycles. The van der Waals surface area contributed by atoms with E-state index in [0.717, 1.165) is 6.20 Å². The van der Waals surface area contributed by atoms with Crippen molar-refractivity contribution in [2.75, 3.05) is 13.2 Å². The molecule has 8 nitrogen and oxygen atoms in total. The maximum Gasteiger partial charge on any atom is 0.306 e. The van der Waals surface area contributed by atoms with Gasteiger partial charge in [0.15, 0.2) is 0 Å². The fourth-order valence-corrected chi connectivity index (χ4v) is 1.59. The van der Waals surface area contributed by atoms with E-state index in [1.165, 1.54) is 10.9 Å². The zero-order valence-electron chi connectivity index (χ0n) is 11.1. The van der Waals surface area contributed by atoms with Crippen molar-refractivity contribution in [2.24, 2.45) is 0 Å². The summed E-state index contributed by atoms with van der Waals surface area (Å²) in [6, 6.07) is 0. The molecule has 0 aromatic carbocycles. The molecule has 0 aliphatic rings. The molecule has 0 aliphatic heterocycles. The van der Waals surface area contributed by atoms with Crippen molar-refractivity contribution < 1.29 is 15.1 Å². The van der Waals surface area contributed by atoms with E-state index in [1.807, 2.05) is 13.8 Å². The monoisotopic (exact) mass is 272 g/mol. The highest BCUT2D eigenvalue weighted by Crippen LogP contribution is 2.09. The van der Waals surface area contributed by atoms with Crippen LogP contribution in [0.1, 0.15) is 20.3 Å². The van der Waals surface area contributed by atoms with Gasteiger partial charge < -0.3 is 15.5 Å². The number of nitrogens with zero attached hydrogens (tertiary/aromatic N) is 3. The van der Waals surface area contributed by atoms with Gasteiger partial charge in [-0.05, 0) is 20.3 Å². The number of aliphatic hydroxyl groups excluding tert-OH is 2. The smallest absolute Gasteiger partial charge is 0.306 e. The Morgan fingerprint density at radius 2 is 2.32 bits per heavy atom. The normalized spacial score (nSPS) is 13.5. The van der Waals surface area contributed by atoms with Gasteiger partial charge in [0.1, 0.15) is 12.4 Å². The van der Waals surface area contributed by atoms with Crippen LogP contribution in [0.15, 0.2) is 12.4 Å². The van der Waals surface area contributed by atoms with E-state index >= 15 is 0 Å². The minimum atomic E-state index is -0.711. The average molecular weight is 272 g/mol. The summed E-state index contributed by atoms with van der Waals surface area (Å²) in [5.74, 6) is 0. The Labute approximate surface area is 111 Å². The van der Waals surface area contributed by atoms with Crippen molar-refractivity contribution in [1.82, 2.24) is 15.1 Å². The standard InChI is InChI=1S/C11H20N4O4/c1-11(2,3-4-16)12-6-10(17)8-14-7-9(5-13-14)15(18)19/h5,7,10,12,16-17H,3-4,6,8H2,1-2H3. The van der Waals surface area contributed by atoms with Crippen LogP contribution in [-0.2, 0) is 6.54 Å². The van der Waals surface area contributed by atoms with E-state index in [2.05, 4.69) is 10.4 Å². The molecule has 0 spiro atoms. The first-order valence-corrected chi connectivity index (χ1v) is 6.05. The van der Waals surface area contributed by atoms with Crippen molar-refractivity contribution in [3.63, 3.8) is 0 Å². The quantitative estimate of drug-likeness (QED) is 0.450. The largest absolute Gasteiger partial charge is 0.396 e. The molecule has 0 fully saturated rings. The molecule has 19 heavy (non-hydrogen) atoms. The Kier molecular flexibility index (Phi) is 5.40. The Hall–Kier alpha value is -1.51. The molecule has 0 saturated heterocycles. The van der Waals surface area contributed by atoms with Gasteiger partial charge in [-0.1, -0.05) is 0 Å². The van der Waals surface area contributed by atoms with E-state index < -0.39 is 11.0 Å². The van der Waals surface area contributed by atoms with Gasteiger partial charge in [-0.25, -0.2) is 0 Å². The summed E-state index contributed by atoms with van der Waals surface area (Å²) >= 11 is 0. The number of aliphatic hydroxyl groups is 2. The summed E-state index contributed by atoms with van der Waals surface area (Å²) in [6.07, 6.45) is 2.29. The molecule has 108 valence electrons. The third-order valence-corrected chi connectivity index (χ3v) is 2.78. The lowest BCUT2D eigenvalue weighted by Crippen LogP contribution is -2.44. The van der Waals surface area contributed by atoms with Crippen molar-refractivity contribution >= 4 is 5.69 Å². The Bertz CT molecular complexity index is 419. The van der Waals surface area contributed by atoms with Gasteiger partial charge in [-0.15, -0.1) is 0 Å². The molecule has 1 unspecified atom stereocenters.